The topological polar surface area (TPSA) is 94.2 Å². The van der Waals surface area contributed by atoms with E-state index in [1.807, 2.05) is 55.6 Å². The Labute approximate surface area is 191 Å². The molecule has 2 heterocycles. The normalized spacial score (nSPS) is 12.2. The van der Waals surface area contributed by atoms with Crippen LogP contribution in [0.15, 0.2) is 60.8 Å². The second-order valence-corrected chi connectivity index (χ2v) is 8.57. The molecule has 172 valence electrons. The molecule has 33 heavy (non-hydrogen) atoms. The Hall–Kier alpha value is -3.21. The second kappa shape index (κ2) is 9.34. The van der Waals surface area contributed by atoms with Crippen LogP contribution in [0.2, 0.25) is 5.02 Å². The fourth-order valence-corrected chi connectivity index (χ4v) is 3.30. The van der Waals surface area contributed by atoms with Gasteiger partial charge in [-0.05, 0) is 35.9 Å². The van der Waals surface area contributed by atoms with E-state index in [2.05, 4.69) is 21.7 Å². The lowest BCUT2D eigenvalue weighted by Gasteiger charge is -2.08. The summed E-state index contributed by atoms with van der Waals surface area (Å²) in [7, 11) is -4.07. The van der Waals surface area contributed by atoms with E-state index in [4.69, 9.17) is 24.6 Å². The maximum atomic E-state index is 10.7. The van der Waals surface area contributed by atoms with Gasteiger partial charge in [-0.25, -0.2) is 8.42 Å². The summed E-state index contributed by atoms with van der Waals surface area (Å²) in [6.07, 6.45) is 5.77. The average Bonchev–Trinajstić information content (AvgIpc) is 2.74. The molecule has 0 unspecified atom stereocenters. The number of hydrogen-bond acceptors (Lipinski definition) is 5. The minimum Gasteiger partial charge on any atom is -0.741 e. The average molecular weight is 497 g/mol. The van der Waals surface area contributed by atoms with E-state index in [0.717, 1.165) is 32.6 Å². The number of phenols is 1. The van der Waals surface area contributed by atoms with Crippen molar-refractivity contribution in [3.05, 3.63) is 77.1 Å². The molecule has 2 aromatic carbocycles. The molecule has 4 rings (SSSR count). The van der Waals surface area contributed by atoms with Crippen LogP contribution in [0.1, 0.15) is 11.3 Å². The van der Waals surface area contributed by atoms with Gasteiger partial charge in [-0.2, -0.15) is 17.7 Å². The van der Waals surface area contributed by atoms with Crippen molar-refractivity contribution in [2.45, 2.75) is 5.51 Å². The maximum absolute atomic E-state index is 10.7. The Bertz CT molecular complexity index is 1470. The minimum atomic E-state index is -6.09. The molecule has 4 aromatic rings. The van der Waals surface area contributed by atoms with Gasteiger partial charge >= 0.3 is 5.51 Å². The molecule has 0 bridgehead atoms. The molecule has 0 saturated heterocycles. The highest BCUT2D eigenvalue weighted by Gasteiger charge is 2.36. The number of aromatic hydroxyl groups is 1. The smallest absolute Gasteiger partial charge is 0.485 e. The Morgan fingerprint density at radius 1 is 1.03 bits per heavy atom. The lowest BCUT2D eigenvalue weighted by Crippen LogP contribution is -2.32. The predicted octanol–water partition coefficient (Wildman–Crippen LogP) is 4.79. The number of aromatic nitrogens is 2. The first-order valence-corrected chi connectivity index (χ1v) is 11.0. The number of hydrogen-bond donors (Lipinski definition) is 1. The van der Waals surface area contributed by atoms with Gasteiger partial charge < -0.3 is 9.66 Å². The number of rotatable bonds is 2. The summed E-state index contributed by atoms with van der Waals surface area (Å²) in [6.45, 7) is 0. The van der Waals surface area contributed by atoms with Crippen molar-refractivity contribution in [1.29, 1.82) is 0 Å². The van der Waals surface area contributed by atoms with Crippen LogP contribution >= 0.6 is 11.6 Å². The number of fused-ring (bicyclic) bond motifs is 2. The highest BCUT2D eigenvalue weighted by molar-refractivity contribution is 7.86. The van der Waals surface area contributed by atoms with Gasteiger partial charge in [0.25, 0.3) is 0 Å². The molecule has 2 aromatic heterocycles. The van der Waals surface area contributed by atoms with E-state index in [9.17, 15) is 18.3 Å². The molecule has 0 aliphatic rings. The van der Waals surface area contributed by atoms with Crippen molar-refractivity contribution in [2.24, 2.45) is 7.05 Å². The van der Waals surface area contributed by atoms with Gasteiger partial charge in [-0.1, -0.05) is 29.8 Å². The molecule has 6 nitrogen and oxygen atoms in total. The number of phenolic OH excluding ortho intramolecular Hbond substituents is 1. The number of alkyl halides is 3. The number of benzene rings is 2. The van der Waals surface area contributed by atoms with E-state index in [1.54, 1.807) is 12.3 Å². The highest BCUT2D eigenvalue weighted by atomic mass is 35.5. The summed E-state index contributed by atoms with van der Waals surface area (Å²) in [6, 6.07) is 17.4. The van der Waals surface area contributed by atoms with E-state index in [0.29, 0.717) is 5.52 Å². The van der Waals surface area contributed by atoms with Crippen LogP contribution in [0.5, 0.6) is 5.75 Å². The van der Waals surface area contributed by atoms with E-state index in [1.165, 1.54) is 0 Å². The summed E-state index contributed by atoms with van der Waals surface area (Å²) in [5.74, 6) is 0.193. The van der Waals surface area contributed by atoms with Crippen molar-refractivity contribution >= 4 is 55.7 Å². The fraction of sp³-hybridized carbons (Fsp3) is 0.0909. The summed E-state index contributed by atoms with van der Waals surface area (Å²) in [5.41, 5.74) is -1.90. The molecule has 1 N–H and O–H groups in total. The third-order valence-corrected chi connectivity index (χ3v) is 5.60. The van der Waals surface area contributed by atoms with Crippen LogP contribution in [-0.4, -0.2) is 28.6 Å². The Balaban J connectivity index is 0.000000331. The van der Waals surface area contributed by atoms with Crippen LogP contribution in [-0.2, 0) is 17.2 Å². The van der Waals surface area contributed by atoms with Crippen LogP contribution in [0.3, 0.4) is 0 Å². The largest absolute Gasteiger partial charge is 0.741 e. The molecule has 11 heteroatoms. The number of nitrogens with zero attached hydrogens (tertiary/aromatic N) is 2. The first kappa shape index (κ1) is 24.4. The van der Waals surface area contributed by atoms with Gasteiger partial charge in [-0.3, -0.25) is 4.98 Å². The van der Waals surface area contributed by atoms with Gasteiger partial charge in [0.1, 0.15) is 18.3 Å². The first-order chi connectivity index (χ1) is 15.4. The zero-order valence-electron chi connectivity index (χ0n) is 16.9. The molecule has 0 aliphatic heterocycles. The summed E-state index contributed by atoms with van der Waals surface area (Å²) in [5, 5.41) is 12.7. The lowest BCUT2D eigenvalue weighted by atomic mass is 10.1. The van der Waals surface area contributed by atoms with E-state index in [-0.39, 0.29) is 5.75 Å². The monoisotopic (exact) mass is 496 g/mol. The van der Waals surface area contributed by atoms with Gasteiger partial charge in [0.15, 0.2) is 10.1 Å². The van der Waals surface area contributed by atoms with Crippen molar-refractivity contribution in [1.82, 2.24) is 4.98 Å². The highest BCUT2D eigenvalue weighted by Crippen LogP contribution is 2.27. The number of aryl methyl sites for hydroxylation is 1. The zero-order valence-corrected chi connectivity index (χ0v) is 18.5. The molecule has 0 aliphatic carbocycles. The summed E-state index contributed by atoms with van der Waals surface area (Å²) < 4.78 is 61.0. The second-order valence-electron chi connectivity index (χ2n) is 6.80. The molecule has 0 fully saturated rings. The van der Waals surface area contributed by atoms with Crippen LogP contribution < -0.4 is 4.57 Å². The molecule has 0 radical (unpaired) electrons. The Morgan fingerprint density at radius 2 is 1.73 bits per heavy atom. The third kappa shape index (κ3) is 5.41. The van der Waals surface area contributed by atoms with Crippen molar-refractivity contribution in [2.75, 3.05) is 0 Å². The SMILES string of the molecule is C[n+]1c(C=Cc2ccc(O)c3ncccc23)ccc2c(Cl)cccc21.O=S(=O)([O-])C(F)(F)F. The summed E-state index contributed by atoms with van der Waals surface area (Å²) in [4.78, 5) is 4.26. The maximum Gasteiger partial charge on any atom is 0.485 e. The number of halogens is 4. The Morgan fingerprint density at radius 3 is 2.39 bits per heavy atom. The first-order valence-electron chi connectivity index (χ1n) is 9.24. The lowest BCUT2D eigenvalue weighted by molar-refractivity contribution is -0.646. The van der Waals surface area contributed by atoms with Crippen LogP contribution in [0, 0.1) is 0 Å². The van der Waals surface area contributed by atoms with Gasteiger partial charge in [0.2, 0.25) is 11.2 Å². The zero-order chi connectivity index (χ0) is 24.4. The van der Waals surface area contributed by atoms with Crippen LogP contribution in [0.4, 0.5) is 13.2 Å². The van der Waals surface area contributed by atoms with Crippen molar-refractivity contribution in [3.8, 4) is 5.75 Å². The van der Waals surface area contributed by atoms with Gasteiger partial charge in [0, 0.05) is 29.8 Å². The molecule has 0 atom stereocenters. The van der Waals surface area contributed by atoms with Crippen molar-refractivity contribution < 1.29 is 35.8 Å². The quantitative estimate of drug-likeness (QED) is 0.244. The van der Waals surface area contributed by atoms with Crippen molar-refractivity contribution in [3.63, 3.8) is 0 Å². The molecular weight excluding hydrogens is 481 g/mol. The predicted molar refractivity (Wildman–Crippen MR) is 118 cm³/mol. The third-order valence-electron chi connectivity index (χ3n) is 4.70. The summed E-state index contributed by atoms with van der Waals surface area (Å²) >= 11 is 6.27. The van der Waals surface area contributed by atoms with E-state index < -0.39 is 15.6 Å². The fourth-order valence-electron chi connectivity index (χ4n) is 3.07. The van der Waals surface area contributed by atoms with Gasteiger partial charge in [0.05, 0.1) is 10.4 Å². The molecule has 0 saturated carbocycles. The molecular formula is C22H16ClF3N2O4S. The van der Waals surface area contributed by atoms with Gasteiger partial charge in [-0.15, -0.1) is 0 Å². The Kier molecular flexibility index (Phi) is 6.92. The molecule has 0 amide bonds. The standard InChI is InChI=1S/C21H15ClN2O.CHF3O3S/c1-24-15(10-11-17-18(22)5-2-6-19(17)24)9-7-14-8-12-20(25)21-16(14)4-3-13-23-21;2-1(3,4)8(5,6)7/h2-13H,1H3;(H,5,6,7). The molecule has 0 spiro atoms. The number of pyridine rings is 2. The minimum absolute atomic E-state index is 0.193. The van der Waals surface area contributed by atoms with Crippen LogP contribution in [0.25, 0.3) is 34.0 Å². The van der Waals surface area contributed by atoms with E-state index >= 15 is 0 Å².